The standard InChI is InChI=1S/C12H14ClN3O2/c1-18-8-7-16(6-2-4-14)12(17)10-3-5-15-11(13)9-10/h3,5,9H,2,6-8H2,1H3. The van der Waals surface area contributed by atoms with Crippen LogP contribution in [0.1, 0.15) is 16.8 Å². The second-order valence-electron chi connectivity index (χ2n) is 3.56. The summed E-state index contributed by atoms with van der Waals surface area (Å²) >= 11 is 5.74. The Morgan fingerprint density at radius 2 is 2.39 bits per heavy atom. The number of aromatic nitrogens is 1. The minimum absolute atomic E-state index is 0.174. The average Bonchev–Trinajstić information content (AvgIpc) is 2.38. The lowest BCUT2D eigenvalue weighted by atomic mass is 10.2. The van der Waals surface area contributed by atoms with Gasteiger partial charge in [-0.25, -0.2) is 4.98 Å². The van der Waals surface area contributed by atoms with E-state index in [2.05, 4.69) is 4.98 Å². The molecule has 0 fully saturated rings. The molecule has 5 nitrogen and oxygen atoms in total. The topological polar surface area (TPSA) is 66.2 Å². The number of rotatable bonds is 6. The van der Waals surface area contributed by atoms with E-state index < -0.39 is 0 Å². The minimum atomic E-state index is -0.174. The first-order valence-corrected chi connectivity index (χ1v) is 5.83. The molecular weight excluding hydrogens is 254 g/mol. The molecule has 1 amide bonds. The lowest BCUT2D eigenvalue weighted by molar-refractivity contribution is 0.0700. The molecule has 0 spiro atoms. The Balaban J connectivity index is 2.77. The first-order chi connectivity index (χ1) is 8.69. The number of nitrogens with zero attached hydrogens (tertiary/aromatic N) is 3. The summed E-state index contributed by atoms with van der Waals surface area (Å²) < 4.78 is 4.95. The van der Waals surface area contributed by atoms with Crippen molar-refractivity contribution in [1.82, 2.24) is 9.88 Å². The Hall–Kier alpha value is -1.64. The lowest BCUT2D eigenvalue weighted by Crippen LogP contribution is -2.34. The number of carbonyl (C=O) groups is 1. The van der Waals surface area contributed by atoms with E-state index in [1.807, 2.05) is 6.07 Å². The Kier molecular flexibility index (Phi) is 6.12. The molecule has 0 N–H and O–H groups in total. The highest BCUT2D eigenvalue weighted by Gasteiger charge is 2.15. The Labute approximate surface area is 111 Å². The summed E-state index contributed by atoms with van der Waals surface area (Å²) in [5.41, 5.74) is 0.462. The molecule has 1 aromatic rings. The number of hydrogen-bond acceptors (Lipinski definition) is 4. The lowest BCUT2D eigenvalue weighted by Gasteiger charge is -2.21. The third-order valence-electron chi connectivity index (χ3n) is 2.32. The molecule has 0 radical (unpaired) electrons. The van der Waals surface area contributed by atoms with E-state index in [9.17, 15) is 4.79 Å². The minimum Gasteiger partial charge on any atom is -0.383 e. The molecule has 0 aliphatic carbocycles. The number of halogens is 1. The molecule has 0 aromatic carbocycles. The van der Waals surface area contributed by atoms with Gasteiger partial charge in [0.2, 0.25) is 0 Å². The Morgan fingerprint density at radius 3 is 3.00 bits per heavy atom. The van der Waals surface area contributed by atoms with E-state index in [-0.39, 0.29) is 17.5 Å². The van der Waals surface area contributed by atoms with Gasteiger partial charge in [0.1, 0.15) is 5.15 Å². The molecule has 0 saturated carbocycles. The van der Waals surface area contributed by atoms with Gasteiger partial charge >= 0.3 is 0 Å². The van der Waals surface area contributed by atoms with Crippen LogP contribution in [0.4, 0.5) is 0 Å². The van der Waals surface area contributed by atoms with Gasteiger partial charge in [-0.3, -0.25) is 4.79 Å². The monoisotopic (exact) mass is 267 g/mol. The van der Waals surface area contributed by atoms with Crippen LogP contribution in [-0.2, 0) is 4.74 Å². The van der Waals surface area contributed by atoms with Crippen molar-refractivity contribution in [2.75, 3.05) is 26.8 Å². The van der Waals surface area contributed by atoms with Gasteiger partial charge < -0.3 is 9.64 Å². The number of amides is 1. The van der Waals surface area contributed by atoms with E-state index in [0.29, 0.717) is 25.3 Å². The van der Waals surface area contributed by atoms with Crippen molar-refractivity contribution < 1.29 is 9.53 Å². The zero-order chi connectivity index (χ0) is 13.4. The largest absolute Gasteiger partial charge is 0.383 e. The van der Waals surface area contributed by atoms with Gasteiger partial charge in [0.25, 0.3) is 5.91 Å². The summed E-state index contributed by atoms with van der Waals surface area (Å²) in [5, 5.41) is 8.86. The average molecular weight is 268 g/mol. The highest BCUT2D eigenvalue weighted by Crippen LogP contribution is 2.10. The number of carbonyl (C=O) groups excluding carboxylic acids is 1. The van der Waals surface area contributed by atoms with Gasteiger partial charge in [-0.05, 0) is 12.1 Å². The van der Waals surface area contributed by atoms with E-state index in [0.717, 1.165) is 0 Å². The fourth-order valence-electron chi connectivity index (χ4n) is 1.42. The highest BCUT2D eigenvalue weighted by atomic mass is 35.5. The van der Waals surface area contributed by atoms with Crippen LogP contribution in [0, 0.1) is 11.3 Å². The SMILES string of the molecule is COCCN(CCC#N)C(=O)c1ccnc(Cl)c1. The predicted octanol–water partition coefficient (Wildman–Crippen LogP) is 1.74. The molecule has 0 bridgehead atoms. The van der Waals surface area contributed by atoms with Crippen molar-refractivity contribution in [3.8, 4) is 6.07 Å². The smallest absolute Gasteiger partial charge is 0.254 e. The molecule has 6 heteroatoms. The molecule has 0 aliphatic heterocycles. The van der Waals surface area contributed by atoms with Crippen LogP contribution in [0.5, 0.6) is 0 Å². The number of hydrogen-bond donors (Lipinski definition) is 0. The molecule has 96 valence electrons. The van der Waals surface area contributed by atoms with Crippen LogP contribution in [0.3, 0.4) is 0 Å². The zero-order valence-electron chi connectivity index (χ0n) is 10.1. The summed E-state index contributed by atoms with van der Waals surface area (Å²) in [7, 11) is 1.57. The Bertz CT molecular complexity index is 445. The van der Waals surface area contributed by atoms with E-state index in [1.165, 1.54) is 12.3 Å². The normalized spacial score (nSPS) is 9.83. The molecule has 0 atom stereocenters. The fourth-order valence-corrected chi connectivity index (χ4v) is 1.59. The van der Waals surface area contributed by atoms with Gasteiger partial charge in [-0.15, -0.1) is 0 Å². The van der Waals surface area contributed by atoms with Crippen LogP contribution in [0.15, 0.2) is 18.3 Å². The van der Waals surface area contributed by atoms with Gasteiger partial charge in [0, 0.05) is 32.0 Å². The molecular formula is C12H14ClN3O2. The number of pyridine rings is 1. The quantitative estimate of drug-likeness (QED) is 0.737. The number of ether oxygens (including phenoxy) is 1. The molecule has 1 aromatic heterocycles. The summed E-state index contributed by atoms with van der Waals surface area (Å²) in [5.74, 6) is -0.174. The number of nitriles is 1. The van der Waals surface area contributed by atoms with Gasteiger partial charge in [0.15, 0.2) is 0 Å². The molecule has 1 heterocycles. The van der Waals surface area contributed by atoms with Crippen LogP contribution in [-0.4, -0.2) is 42.6 Å². The van der Waals surface area contributed by atoms with Crippen LogP contribution in [0.2, 0.25) is 5.15 Å². The first-order valence-electron chi connectivity index (χ1n) is 5.45. The predicted molar refractivity (Wildman–Crippen MR) is 67.3 cm³/mol. The molecule has 0 unspecified atom stereocenters. The maximum atomic E-state index is 12.2. The van der Waals surface area contributed by atoms with Crippen LogP contribution >= 0.6 is 11.6 Å². The maximum absolute atomic E-state index is 12.2. The third-order valence-corrected chi connectivity index (χ3v) is 2.53. The summed E-state index contributed by atoms with van der Waals surface area (Å²) in [6.45, 7) is 1.24. The van der Waals surface area contributed by atoms with E-state index in [1.54, 1.807) is 18.1 Å². The van der Waals surface area contributed by atoms with Crippen molar-refractivity contribution in [1.29, 1.82) is 5.26 Å². The maximum Gasteiger partial charge on any atom is 0.254 e. The first kappa shape index (κ1) is 14.4. The summed E-state index contributed by atoms with van der Waals surface area (Å²) in [6.07, 6.45) is 1.77. The highest BCUT2D eigenvalue weighted by molar-refractivity contribution is 6.29. The fraction of sp³-hybridized carbons (Fsp3) is 0.417. The molecule has 0 saturated heterocycles. The number of methoxy groups -OCH3 is 1. The Morgan fingerprint density at radius 1 is 1.61 bits per heavy atom. The van der Waals surface area contributed by atoms with Crippen molar-refractivity contribution >= 4 is 17.5 Å². The van der Waals surface area contributed by atoms with Crippen molar-refractivity contribution in [3.05, 3.63) is 29.0 Å². The van der Waals surface area contributed by atoms with Gasteiger partial charge in [0.05, 0.1) is 19.1 Å². The molecule has 0 aliphatic rings. The van der Waals surface area contributed by atoms with Crippen molar-refractivity contribution in [3.63, 3.8) is 0 Å². The third kappa shape index (κ3) is 4.32. The van der Waals surface area contributed by atoms with Crippen LogP contribution < -0.4 is 0 Å². The molecule has 18 heavy (non-hydrogen) atoms. The van der Waals surface area contributed by atoms with Gasteiger partial charge in [-0.1, -0.05) is 11.6 Å². The molecule has 1 rings (SSSR count). The van der Waals surface area contributed by atoms with E-state index >= 15 is 0 Å². The second-order valence-corrected chi connectivity index (χ2v) is 3.95. The van der Waals surface area contributed by atoms with Gasteiger partial charge in [-0.2, -0.15) is 5.26 Å². The van der Waals surface area contributed by atoms with Crippen LogP contribution in [0.25, 0.3) is 0 Å². The summed E-state index contributed by atoms with van der Waals surface area (Å²) in [4.78, 5) is 17.6. The van der Waals surface area contributed by atoms with Crippen molar-refractivity contribution in [2.24, 2.45) is 0 Å². The zero-order valence-corrected chi connectivity index (χ0v) is 10.9. The summed E-state index contributed by atoms with van der Waals surface area (Å²) in [6, 6.07) is 5.13. The second kappa shape index (κ2) is 7.64. The van der Waals surface area contributed by atoms with Crippen molar-refractivity contribution in [2.45, 2.75) is 6.42 Å². The van der Waals surface area contributed by atoms with E-state index in [4.69, 9.17) is 21.6 Å².